The fourth-order valence-electron chi connectivity index (χ4n) is 2.35. The van der Waals surface area contributed by atoms with Gasteiger partial charge in [-0.05, 0) is 26.3 Å². The van der Waals surface area contributed by atoms with Gasteiger partial charge in [-0.3, -0.25) is 4.79 Å². The predicted molar refractivity (Wildman–Crippen MR) is 73.5 cm³/mol. The Kier molecular flexibility index (Phi) is 3.71. The number of hydrogen-bond acceptors (Lipinski definition) is 2. The first kappa shape index (κ1) is 13.1. The minimum absolute atomic E-state index is 0.0290. The van der Waals surface area contributed by atoms with Crippen LogP contribution in [0.5, 0.6) is 0 Å². The molecule has 0 saturated carbocycles. The van der Waals surface area contributed by atoms with E-state index < -0.39 is 0 Å². The summed E-state index contributed by atoms with van der Waals surface area (Å²) in [6.07, 6.45) is 0.510. The lowest BCUT2D eigenvalue weighted by Crippen LogP contribution is -2.58. The summed E-state index contributed by atoms with van der Waals surface area (Å²) < 4.78 is 0. The molecule has 1 aliphatic rings. The number of piperazine rings is 1. The first-order valence-electron chi connectivity index (χ1n) is 6.55. The quantitative estimate of drug-likeness (QED) is 0.862. The standard InChI is InChI=1S/C15H22N2O/c1-12-4-6-13(7-5-12)10-14(18)17-9-8-16-15(2,3)11-17/h4-7,16H,8-11H2,1-3H3. The molecule has 1 aromatic rings. The molecule has 2 rings (SSSR count). The van der Waals surface area contributed by atoms with Crippen molar-refractivity contribution in [1.29, 1.82) is 0 Å². The van der Waals surface area contributed by atoms with Gasteiger partial charge >= 0.3 is 0 Å². The van der Waals surface area contributed by atoms with Gasteiger partial charge in [0.25, 0.3) is 0 Å². The second-order valence-electron chi connectivity index (χ2n) is 5.79. The van der Waals surface area contributed by atoms with Crippen LogP contribution in [0.4, 0.5) is 0 Å². The van der Waals surface area contributed by atoms with Crippen molar-refractivity contribution in [2.24, 2.45) is 0 Å². The molecule has 1 amide bonds. The lowest BCUT2D eigenvalue weighted by atomic mass is 10.0. The van der Waals surface area contributed by atoms with Crippen LogP contribution in [0.2, 0.25) is 0 Å². The molecule has 1 heterocycles. The van der Waals surface area contributed by atoms with Gasteiger partial charge in [-0.2, -0.15) is 0 Å². The van der Waals surface area contributed by atoms with Gasteiger partial charge < -0.3 is 10.2 Å². The summed E-state index contributed by atoms with van der Waals surface area (Å²) in [5.41, 5.74) is 2.36. The van der Waals surface area contributed by atoms with E-state index in [4.69, 9.17) is 0 Å². The maximum atomic E-state index is 12.2. The van der Waals surface area contributed by atoms with E-state index in [0.29, 0.717) is 6.42 Å². The van der Waals surface area contributed by atoms with Gasteiger partial charge in [0.2, 0.25) is 5.91 Å². The van der Waals surface area contributed by atoms with Crippen molar-refractivity contribution in [3.8, 4) is 0 Å². The van der Waals surface area contributed by atoms with Gasteiger partial charge in [0, 0.05) is 25.2 Å². The van der Waals surface area contributed by atoms with Crippen molar-refractivity contribution < 1.29 is 4.79 Å². The van der Waals surface area contributed by atoms with Gasteiger partial charge in [-0.25, -0.2) is 0 Å². The van der Waals surface area contributed by atoms with Crippen molar-refractivity contribution >= 4 is 5.91 Å². The van der Waals surface area contributed by atoms with Crippen molar-refractivity contribution in [3.05, 3.63) is 35.4 Å². The molecule has 0 aromatic heterocycles. The summed E-state index contributed by atoms with van der Waals surface area (Å²) in [4.78, 5) is 14.2. The van der Waals surface area contributed by atoms with Crippen LogP contribution < -0.4 is 5.32 Å². The Morgan fingerprint density at radius 2 is 2.00 bits per heavy atom. The third-order valence-corrected chi connectivity index (χ3v) is 3.40. The molecule has 0 spiro atoms. The summed E-state index contributed by atoms with van der Waals surface area (Å²) in [7, 11) is 0. The van der Waals surface area contributed by atoms with Crippen LogP contribution in [0.15, 0.2) is 24.3 Å². The van der Waals surface area contributed by atoms with Crippen LogP contribution in [0, 0.1) is 6.92 Å². The highest BCUT2D eigenvalue weighted by Crippen LogP contribution is 2.12. The third-order valence-electron chi connectivity index (χ3n) is 3.40. The number of hydrogen-bond donors (Lipinski definition) is 1. The smallest absolute Gasteiger partial charge is 0.227 e. The SMILES string of the molecule is Cc1ccc(CC(=O)N2CCNC(C)(C)C2)cc1. The largest absolute Gasteiger partial charge is 0.339 e. The molecule has 0 atom stereocenters. The highest BCUT2D eigenvalue weighted by atomic mass is 16.2. The third kappa shape index (κ3) is 3.33. The molecule has 0 unspecified atom stereocenters. The highest BCUT2D eigenvalue weighted by molar-refractivity contribution is 5.79. The number of aryl methyl sites for hydroxylation is 1. The molecule has 18 heavy (non-hydrogen) atoms. The number of benzene rings is 1. The Hall–Kier alpha value is -1.35. The maximum absolute atomic E-state index is 12.2. The first-order chi connectivity index (χ1) is 8.46. The molecular weight excluding hydrogens is 224 g/mol. The van der Waals surface area contributed by atoms with E-state index in [-0.39, 0.29) is 11.4 Å². The van der Waals surface area contributed by atoms with E-state index in [1.54, 1.807) is 0 Å². The number of amides is 1. The van der Waals surface area contributed by atoms with Crippen molar-refractivity contribution in [2.75, 3.05) is 19.6 Å². The first-order valence-corrected chi connectivity index (χ1v) is 6.55. The fourth-order valence-corrected chi connectivity index (χ4v) is 2.35. The molecule has 98 valence electrons. The van der Waals surface area contributed by atoms with E-state index in [9.17, 15) is 4.79 Å². The van der Waals surface area contributed by atoms with E-state index >= 15 is 0 Å². The molecule has 0 aliphatic carbocycles. The van der Waals surface area contributed by atoms with Gasteiger partial charge in [-0.1, -0.05) is 29.8 Å². The molecule has 0 radical (unpaired) electrons. The van der Waals surface area contributed by atoms with Gasteiger partial charge in [0.1, 0.15) is 0 Å². The fraction of sp³-hybridized carbons (Fsp3) is 0.533. The van der Waals surface area contributed by atoms with Crippen molar-refractivity contribution in [2.45, 2.75) is 32.7 Å². The summed E-state index contributed by atoms with van der Waals surface area (Å²) in [6, 6.07) is 8.20. The van der Waals surface area contributed by atoms with Crippen LogP contribution in [0.25, 0.3) is 0 Å². The average molecular weight is 246 g/mol. The topological polar surface area (TPSA) is 32.3 Å². The van der Waals surface area contributed by atoms with Crippen LogP contribution in [-0.4, -0.2) is 36.0 Å². The molecule has 1 N–H and O–H groups in total. The van der Waals surface area contributed by atoms with Gasteiger partial charge in [-0.15, -0.1) is 0 Å². The maximum Gasteiger partial charge on any atom is 0.227 e. The molecule has 1 saturated heterocycles. The molecule has 3 heteroatoms. The van der Waals surface area contributed by atoms with E-state index in [1.807, 2.05) is 17.0 Å². The van der Waals surface area contributed by atoms with Gasteiger partial charge in [0.15, 0.2) is 0 Å². The predicted octanol–water partition coefficient (Wildman–Crippen LogP) is 1.75. The lowest BCUT2D eigenvalue weighted by Gasteiger charge is -2.39. The summed E-state index contributed by atoms with van der Waals surface area (Å²) in [5.74, 6) is 0.230. The van der Waals surface area contributed by atoms with Crippen LogP contribution in [-0.2, 0) is 11.2 Å². The summed E-state index contributed by atoms with van der Waals surface area (Å²) >= 11 is 0. The second-order valence-corrected chi connectivity index (χ2v) is 5.79. The molecule has 1 fully saturated rings. The van der Waals surface area contributed by atoms with Crippen LogP contribution in [0.3, 0.4) is 0 Å². The number of rotatable bonds is 2. The molecule has 1 aliphatic heterocycles. The lowest BCUT2D eigenvalue weighted by molar-refractivity contribution is -0.132. The van der Waals surface area contributed by atoms with Crippen molar-refractivity contribution in [3.63, 3.8) is 0 Å². The Morgan fingerprint density at radius 1 is 1.33 bits per heavy atom. The Labute approximate surface area is 109 Å². The minimum Gasteiger partial charge on any atom is -0.339 e. The van der Waals surface area contributed by atoms with E-state index in [0.717, 1.165) is 25.2 Å². The number of nitrogens with one attached hydrogen (secondary N) is 1. The minimum atomic E-state index is 0.0290. The highest BCUT2D eigenvalue weighted by Gasteiger charge is 2.28. The van der Waals surface area contributed by atoms with Gasteiger partial charge in [0.05, 0.1) is 6.42 Å². The zero-order valence-electron chi connectivity index (χ0n) is 11.5. The van der Waals surface area contributed by atoms with Crippen molar-refractivity contribution in [1.82, 2.24) is 10.2 Å². The zero-order valence-corrected chi connectivity index (χ0v) is 11.5. The molecular formula is C15H22N2O. The number of carbonyl (C=O) groups excluding carboxylic acids is 1. The Morgan fingerprint density at radius 3 is 2.61 bits per heavy atom. The molecule has 0 bridgehead atoms. The molecule has 3 nitrogen and oxygen atoms in total. The average Bonchev–Trinajstić information content (AvgIpc) is 2.31. The number of carbonyl (C=O) groups is 1. The summed E-state index contributed by atoms with van der Waals surface area (Å²) in [6.45, 7) is 8.82. The Balaban J connectivity index is 1.97. The second kappa shape index (κ2) is 5.11. The zero-order chi connectivity index (χ0) is 13.2. The van der Waals surface area contributed by atoms with E-state index in [1.165, 1.54) is 5.56 Å². The van der Waals surface area contributed by atoms with Crippen LogP contribution >= 0.6 is 0 Å². The Bertz CT molecular complexity index is 423. The number of nitrogens with zero attached hydrogens (tertiary/aromatic N) is 1. The summed E-state index contributed by atoms with van der Waals surface area (Å²) in [5, 5.41) is 3.42. The monoisotopic (exact) mass is 246 g/mol. The molecule has 1 aromatic carbocycles. The van der Waals surface area contributed by atoms with E-state index in [2.05, 4.69) is 38.2 Å². The van der Waals surface area contributed by atoms with Crippen LogP contribution in [0.1, 0.15) is 25.0 Å². The normalized spacial score (nSPS) is 18.7.